The van der Waals surface area contributed by atoms with E-state index in [0.29, 0.717) is 23.4 Å². The van der Waals surface area contributed by atoms with Crippen molar-refractivity contribution < 1.29 is 9.59 Å². The van der Waals surface area contributed by atoms with E-state index in [2.05, 4.69) is 28.2 Å². The minimum Gasteiger partial charge on any atom is -0.356 e. The molecule has 0 unspecified atom stereocenters. The third-order valence-corrected chi connectivity index (χ3v) is 5.59. The minimum atomic E-state index is -0.276. The highest BCUT2D eigenvalue weighted by molar-refractivity contribution is 7.80. The number of nitrogens with one attached hydrogen (secondary N) is 4. The van der Waals surface area contributed by atoms with E-state index in [1.165, 1.54) is 12.8 Å². The molecule has 0 spiro atoms. The largest absolute Gasteiger partial charge is 0.356 e. The van der Waals surface area contributed by atoms with Gasteiger partial charge in [0.15, 0.2) is 5.11 Å². The SMILES string of the molecule is CCCCCCCC(=O)NC(=S)Nc1ccccc1C(=O)Nc1ccc(Nc2ccccc2)cc1. The van der Waals surface area contributed by atoms with Gasteiger partial charge in [-0.25, -0.2) is 0 Å². The van der Waals surface area contributed by atoms with Gasteiger partial charge < -0.3 is 21.3 Å². The molecular weight excluding hydrogens is 456 g/mol. The van der Waals surface area contributed by atoms with Crippen LogP contribution in [-0.4, -0.2) is 16.9 Å². The molecule has 0 atom stereocenters. The van der Waals surface area contributed by atoms with E-state index >= 15 is 0 Å². The van der Waals surface area contributed by atoms with Crippen molar-refractivity contribution in [2.24, 2.45) is 0 Å². The van der Waals surface area contributed by atoms with Crippen molar-refractivity contribution in [3.05, 3.63) is 84.4 Å². The number of anilines is 4. The fraction of sp³-hybridized carbons (Fsp3) is 0.250. The topological polar surface area (TPSA) is 82.3 Å². The molecule has 4 N–H and O–H groups in total. The van der Waals surface area contributed by atoms with E-state index in [1.54, 1.807) is 24.3 Å². The lowest BCUT2D eigenvalue weighted by Crippen LogP contribution is -2.34. The predicted octanol–water partition coefficient (Wildman–Crippen LogP) is 6.86. The van der Waals surface area contributed by atoms with E-state index in [9.17, 15) is 9.59 Å². The minimum absolute atomic E-state index is 0.120. The average molecular weight is 489 g/mol. The molecule has 3 aromatic carbocycles. The number of amides is 2. The molecule has 0 aliphatic rings. The Morgan fingerprint density at radius 1 is 0.714 bits per heavy atom. The van der Waals surface area contributed by atoms with E-state index in [4.69, 9.17) is 12.2 Å². The highest BCUT2D eigenvalue weighted by Gasteiger charge is 2.13. The molecule has 0 saturated heterocycles. The normalized spacial score (nSPS) is 10.3. The van der Waals surface area contributed by atoms with Crippen LogP contribution in [0.5, 0.6) is 0 Å². The highest BCUT2D eigenvalue weighted by atomic mass is 32.1. The van der Waals surface area contributed by atoms with Crippen molar-refractivity contribution >= 4 is 51.9 Å². The third kappa shape index (κ3) is 8.87. The second-order valence-corrected chi connectivity index (χ2v) is 8.64. The highest BCUT2D eigenvalue weighted by Crippen LogP contribution is 2.21. The molecule has 0 aromatic heterocycles. The van der Waals surface area contributed by atoms with Crippen LogP contribution >= 0.6 is 12.2 Å². The molecule has 2 amide bonds. The molecule has 0 heterocycles. The van der Waals surface area contributed by atoms with Gasteiger partial charge in [-0.3, -0.25) is 9.59 Å². The molecule has 3 aromatic rings. The van der Waals surface area contributed by atoms with Crippen LogP contribution < -0.4 is 21.3 Å². The number of carbonyl (C=O) groups is 2. The van der Waals surface area contributed by atoms with Crippen LogP contribution in [0.2, 0.25) is 0 Å². The van der Waals surface area contributed by atoms with Gasteiger partial charge in [0.1, 0.15) is 0 Å². The Morgan fingerprint density at radius 3 is 2.09 bits per heavy atom. The van der Waals surface area contributed by atoms with E-state index in [1.807, 2.05) is 54.6 Å². The Bertz CT molecular complexity index is 1120. The summed E-state index contributed by atoms with van der Waals surface area (Å²) in [4.78, 5) is 25.1. The Kier molecular flexibility index (Phi) is 10.3. The van der Waals surface area contributed by atoms with Gasteiger partial charge in [0.25, 0.3) is 5.91 Å². The molecule has 0 bridgehead atoms. The van der Waals surface area contributed by atoms with Crippen LogP contribution in [0.25, 0.3) is 0 Å². The summed E-state index contributed by atoms with van der Waals surface area (Å²) in [6, 6.07) is 24.4. The van der Waals surface area contributed by atoms with Crippen LogP contribution in [0.15, 0.2) is 78.9 Å². The summed E-state index contributed by atoms with van der Waals surface area (Å²) in [5, 5.41) is 12.1. The van der Waals surface area contributed by atoms with Crippen LogP contribution in [-0.2, 0) is 4.79 Å². The van der Waals surface area contributed by atoms with Crippen LogP contribution in [0.1, 0.15) is 55.8 Å². The molecule has 0 aliphatic heterocycles. The van der Waals surface area contributed by atoms with Gasteiger partial charge in [-0.15, -0.1) is 0 Å². The second kappa shape index (κ2) is 13.9. The van der Waals surface area contributed by atoms with Gasteiger partial charge in [0.05, 0.1) is 11.3 Å². The maximum Gasteiger partial charge on any atom is 0.257 e. The van der Waals surface area contributed by atoms with Crippen LogP contribution in [0.4, 0.5) is 22.7 Å². The lowest BCUT2D eigenvalue weighted by atomic mass is 10.1. The first-order valence-electron chi connectivity index (χ1n) is 12.0. The summed E-state index contributed by atoms with van der Waals surface area (Å²) in [7, 11) is 0. The number of para-hydroxylation sites is 2. The predicted molar refractivity (Wildman–Crippen MR) is 148 cm³/mol. The first-order chi connectivity index (χ1) is 17.0. The number of thiocarbonyl (C=S) groups is 1. The van der Waals surface area contributed by atoms with Gasteiger partial charge >= 0.3 is 0 Å². The van der Waals surface area contributed by atoms with Crippen molar-refractivity contribution in [1.82, 2.24) is 5.32 Å². The van der Waals surface area contributed by atoms with Gasteiger partial charge in [0.2, 0.25) is 5.91 Å². The second-order valence-electron chi connectivity index (χ2n) is 8.23. The van der Waals surface area contributed by atoms with E-state index in [0.717, 1.165) is 30.6 Å². The van der Waals surface area contributed by atoms with E-state index in [-0.39, 0.29) is 16.9 Å². The summed E-state index contributed by atoms with van der Waals surface area (Å²) < 4.78 is 0. The molecule has 0 radical (unpaired) electrons. The molecule has 3 rings (SSSR count). The van der Waals surface area contributed by atoms with Gasteiger partial charge in [0, 0.05) is 23.5 Å². The summed E-state index contributed by atoms with van der Waals surface area (Å²) >= 11 is 5.29. The first kappa shape index (κ1) is 25.9. The Hall–Kier alpha value is -3.71. The Balaban J connectivity index is 1.53. The van der Waals surface area contributed by atoms with Gasteiger partial charge in [-0.1, -0.05) is 62.9 Å². The maximum absolute atomic E-state index is 12.9. The van der Waals surface area contributed by atoms with Crippen molar-refractivity contribution in [3.63, 3.8) is 0 Å². The molecule has 0 aliphatic carbocycles. The zero-order valence-electron chi connectivity index (χ0n) is 20.0. The number of hydrogen-bond donors (Lipinski definition) is 4. The summed E-state index contributed by atoms with van der Waals surface area (Å²) in [6.07, 6.45) is 5.81. The molecule has 182 valence electrons. The summed E-state index contributed by atoms with van der Waals surface area (Å²) in [5.74, 6) is -0.396. The fourth-order valence-electron chi connectivity index (χ4n) is 3.55. The smallest absolute Gasteiger partial charge is 0.257 e. The quantitative estimate of drug-likeness (QED) is 0.175. The average Bonchev–Trinajstić information content (AvgIpc) is 2.86. The zero-order valence-corrected chi connectivity index (χ0v) is 20.8. The molecular formula is C28H32N4O2S. The molecule has 35 heavy (non-hydrogen) atoms. The number of benzene rings is 3. The lowest BCUT2D eigenvalue weighted by molar-refractivity contribution is -0.119. The maximum atomic E-state index is 12.9. The van der Waals surface area contributed by atoms with Gasteiger partial charge in [-0.2, -0.15) is 0 Å². The molecule has 0 fully saturated rings. The van der Waals surface area contributed by atoms with Crippen molar-refractivity contribution in [2.75, 3.05) is 16.0 Å². The third-order valence-electron chi connectivity index (χ3n) is 5.39. The number of unbranched alkanes of at least 4 members (excludes halogenated alkanes) is 4. The zero-order chi connectivity index (χ0) is 24.9. The van der Waals surface area contributed by atoms with Crippen molar-refractivity contribution in [3.8, 4) is 0 Å². The van der Waals surface area contributed by atoms with Crippen LogP contribution in [0.3, 0.4) is 0 Å². The van der Waals surface area contributed by atoms with Gasteiger partial charge in [-0.05, 0) is 67.2 Å². The lowest BCUT2D eigenvalue weighted by Gasteiger charge is -2.14. The van der Waals surface area contributed by atoms with Crippen molar-refractivity contribution in [2.45, 2.75) is 45.4 Å². The Morgan fingerprint density at radius 2 is 1.34 bits per heavy atom. The Labute approximate surface area is 212 Å². The molecule has 6 nitrogen and oxygen atoms in total. The molecule has 7 heteroatoms. The first-order valence-corrected chi connectivity index (χ1v) is 12.4. The number of carbonyl (C=O) groups excluding carboxylic acids is 2. The number of rotatable bonds is 11. The summed E-state index contributed by atoms with van der Waals surface area (Å²) in [6.45, 7) is 2.16. The summed E-state index contributed by atoms with van der Waals surface area (Å²) in [5.41, 5.74) is 3.53. The van der Waals surface area contributed by atoms with E-state index < -0.39 is 0 Å². The fourth-order valence-corrected chi connectivity index (χ4v) is 3.77. The number of hydrogen-bond acceptors (Lipinski definition) is 4. The van der Waals surface area contributed by atoms with Crippen molar-refractivity contribution in [1.29, 1.82) is 0 Å². The monoisotopic (exact) mass is 488 g/mol. The standard InChI is InChI=1S/C28H32N4O2S/c1-2-3-4-5-9-16-26(33)32-28(35)31-25-15-11-10-14-24(25)27(34)30-23-19-17-22(18-20-23)29-21-12-7-6-8-13-21/h6-8,10-15,17-20,29H,2-5,9,16H2,1H3,(H,30,34)(H2,31,32,33,35). The molecule has 0 saturated carbocycles. The van der Waals surface area contributed by atoms with Crippen LogP contribution in [0, 0.1) is 0 Å².